The maximum absolute atomic E-state index is 10.1. The van der Waals surface area contributed by atoms with E-state index in [1.54, 1.807) is 76.1 Å². The van der Waals surface area contributed by atoms with Crippen molar-refractivity contribution in [1.82, 2.24) is 0 Å². The average molecular weight is 391 g/mol. The Kier molecular flexibility index (Phi) is 6.42. The van der Waals surface area contributed by atoms with Gasteiger partial charge in [0.1, 0.15) is 28.7 Å². The molecule has 0 saturated heterocycles. The van der Waals surface area contributed by atoms with Crippen LogP contribution in [-0.2, 0) is 0 Å². The molecule has 3 aromatic rings. The van der Waals surface area contributed by atoms with Crippen LogP contribution in [0.4, 0.5) is 17.1 Å². The number of aromatic hydroxyl groups is 1. The molecular formula is C22H21N3O4. The van der Waals surface area contributed by atoms with E-state index in [9.17, 15) is 5.11 Å². The number of hydrogen-bond acceptors (Lipinski definition) is 7. The molecule has 0 atom stereocenters. The van der Waals surface area contributed by atoms with Crippen molar-refractivity contribution >= 4 is 23.3 Å². The zero-order chi connectivity index (χ0) is 20.6. The molecule has 0 unspecified atom stereocenters. The quantitative estimate of drug-likeness (QED) is 0.421. The molecule has 0 fully saturated rings. The van der Waals surface area contributed by atoms with Gasteiger partial charge in [0, 0.05) is 17.8 Å². The highest BCUT2D eigenvalue weighted by atomic mass is 16.5. The summed E-state index contributed by atoms with van der Waals surface area (Å²) in [4.78, 5) is 4.41. The van der Waals surface area contributed by atoms with E-state index < -0.39 is 0 Å². The summed E-state index contributed by atoms with van der Waals surface area (Å²) in [6.07, 6.45) is 1.55. The predicted octanol–water partition coefficient (Wildman–Crippen LogP) is 5.58. The minimum Gasteiger partial charge on any atom is -0.507 e. The minimum absolute atomic E-state index is 0.0876. The number of aliphatic imine (C=N–C) groups is 1. The predicted molar refractivity (Wildman–Crippen MR) is 112 cm³/mol. The summed E-state index contributed by atoms with van der Waals surface area (Å²) < 4.78 is 15.6. The summed E-state index contributed by atoms with van der Waals surface area (Å²) in [5.41, 5.74) is 2.39. The van der Waals surface area contributed by atoms with E-state index in [0.717, 1.165) is 5.75 Å². The maximum Gasteiger partial charge on any atom is 0.148 e. The van der Waals surface area contributed by atoms with E-state index in [1.165, 1.54) is 0 Å². The Hall–Kier alpha value is -3.87. The molecule has 0 radical (unpaired) electrons. The molecule has 0 aliphatic heterocycles. The molecule has 0 aromatic heterocycles. The molecule has 0 heterocycles. The monoisotopic (exact) mass is 391 g/mol. The lowest BCUT2D eigenvalue weighted by Gasteiger charge is -2.07. The lowest BCUT2D eigenvalue weighted by Crippen LogP contribution is -1.88. The molecule has 0 bridgehead atoms. The molecule has 7 nitrogen and oxygen atoms in total. The first-order valence-corrected chi connectivity index (χ1v) is 8.78. The highest BCUT2D eigenvalue weighted by Gasteiger charge is 2.05. The Balaban J connectivity index is 1.81. The normalized spacial score (nSPS) is 11.1. The second kappa shape index (κ2) is 9.36. The fourth-order valence-corrected chi connectivity index (χ4v) is 2.50. The van der Waals surface area contributed by atoms with Crippen molar-refractivity contribution in [3.8, 4) is 23.0 Å². The lowest BCUT2D eigenvalue weighted by atomic mass is 10.2. The van der Waals surface area contributed by atoms with Crippen LogP contribution >= 0.6 is 0 Å². The molecule has 0 aliphatic rings. The van der Waals surface area contributed by atoms with Gasteiger partial charge in [-0.3, -0.25) is 4.99 Å². The van der Waals surface area contributed by atoms with Crippen LogP contribution in [-0.4, -0.2) is 32.7 Å². The van der Waals surface area contributed by atoms with Crippen molar-refractivity contribution in [2.75, 3.05) is 21.3 Å². The second-order valence-electron chi connectivity index (χ2n) is 5.94. The van der Waals surface area contributed by atoms with Crippen LogP contribution in [0.5, 0.6) is 23.0 Å². The first-order valence-electron chi connectivity index (χ1n) is 8.78. The van der Waals surface area contributed by atoms with Gasteiger partial charge in [0.25, 0.3) is 0 Å². The van der Waals surface area contributed by atoms with Crippen LogP contribution in [0.25, 0.3) is 0 Å². The molecule has 29 heavy (non-hydrogen) atoms. The minimum atomic E-state index is 0.0876. The number of benzene rings is 3. The fourth-order valence-electron chi connectivity index (χ4n) is 2.50. The highest BCUT2D eigenvalue weighted by molar-refractivity contribution is 5.87. The molecule has 1 N–H and O–H groups in total. The largest absolute Gasteiger partial charge is 0.507 e. The number of phenolic OH excluding ortho intramolecular Hbond substituents is 1. The molecule has 0 aliphatic carbocycles. The zero-order valence-corrected chi connectivity index (χ0v) is 16.4. The van der Waals surface area contributed by atoms with Crippen molar-refractivity contribution in [2.24, 2.45) is 15.2 Å². The third-order valence-electron chi connectivity index (χ3n) is 4.09. The van der Waals surface area contributed by atoms with Crippen molar-refractivity contribution in [1.29, 1.82) is 0 Å². The number of azo groups is 1. The van der Waals surface area contributed by atoms with Crippen LogP contribution in [0, 0.1) is 0 Å². The molecule has 3 rings (SSSR count). The average Bonchev–Trinajstić information content (AvgIpc) is 2.77. The lowest BCUT2D eigenvalue weighted by molar-refractivity contribution is 0.395. The van der Waals surface area contributed by atoms with Crippen molar-refractivity contribution in [3.63, 3.8) is 0 Å². The topological polar surface area (TPSA) is 85.0 Å². The van der Waals surface area contributed by atoms with Gasteiger partial charge in [0.2, 0.25) is 0 Å². The fraction of sp³-hybridized carbons (Fsp3) is 0.136. The van der Waals surface area contributed by atoms with E-state index >= 15 is 0 Å². The van der Waals surface area contributed by atoms with Crippen LogP contribution in [0.1, 0.15) is 5.56 Å². The van der Waals surface area contributed by atoms with E-state index in [4.69, 9.17) is 14.2 Å². The smallest absolute Gasteiger partial charge is 0.148 e. The van der Waals surface area contributed by atoms with E-state index in [2.05, 4.69) is 15.2 Å². The summed E-state index contributed by atoms with van der Waals surface area (Å²) in [6, 6.07) is 17.5. The number of phenols is 1. The second-order valence-corrected chi connectivity index (χ2v) is 5.94. The summed E-state index contributed by atoms with van der Waals surface area (Å²) >= 11 is 0. The van der Waals surface area contributed by atoms with Gasteiger partial charge in [-0.05, 0) is 54.6 Å². The van der Waals surface area contributed by atoms with Gasteiger partial charge < -0.3 is 19.3 Å². The number of hydrogen-bond donors (Lipinski definition) is 1. The summed E-state index contributed by atoms with van der Waals surface area (Å²) in [7, 11) is 4.75. The third kappa shape index (κ3) is 5.10. The van der Waals surface area contributed by atoms with Gasteiger partial charge in [-0.1, -0.05) is 0 Å². The van der Waals surface area contributed by atoms with Gasteiger partial charge in [-0.2, -0.15) is 10.2 Å². The molecular weight excluding hydrogens is 370 g/mol. The van der Waals surface area contributed by atoms with Crippen LogP contribution < -0.4 is 14.2 Å². The van der Waals surface area contributed by atoms with E-state index in [-0.39, 0.29) is 5.75 Å². The van der Waals surface area contributed by atoms with Gasteiger partial charge in [-0.25, -0.2) is 0 Å². The molecule has 148 valence electrons. The Bertz CT molecular complexity index is 1030. The van der Waals surface area contributed by atoms with Crippen LogP contribution in [0.15, 0.2) is 75.9 Å². The summed E-state index contributed by atoms with van der Waals surface area (Å²) in [6.45, 7) is 0. The highest BCUT2D eigenvalue weighted by Crippen LogP contribution is 2.32. The zero-order valence-electron chi connectivity index (χ0n) is 16.4. The number of ether oxygens (including phenoxy) is 3. The van der Waals surface area contributed by atoms with Crippen molar-refractivity contribution in [3.05, 3.63) is 66.2 Å². The van der Waals surface area contributed by atoms with Crippen molar-refractivity contribution in [2.45, 2.75) is 0 Å². The molecule has 0 spiro atoms. The van der Waals surface area contributed by atoms with Crippen LogP contribution in [0.3, 0.4) is 0 Å². The Morgan fingerprint density at radius 3 is 2.07 bits per heavy atom. The Labute approximate surface area is 168 Å². The van der Waals surface area contributed by atoms with Crippen LogP contribution in [0.2, 0.25) is 0 Å². The summed E-state index contributed by atoms with van der Waals surface area (Å²) in [5.74, 6) is 2.07. The van der Waals surface area contributed by atoms with Gasteiger partial charge in [-0.15, -0.1) is 0 Å². The maximum atomic E-state index is 10.1. The van der Waals surface area contributed by atoms with E-state index in [0.29, 0.717) is 34.1 Å². The number of nitrogens with zero attached hydrogens (tertiary/aromatic N) is 3. The standard InChI is InChI=1S/C22H21N3O4/c1-27-18-7-4-16(5-8-18)24-25-17-6-11-21(26)15(12-17)14-23-20-10-9-19(28-2)13-22(20)29-3/h4-14,26H,1-3H3. The molecule has 7 heteroatoms. The Morgan fingerprint density at radius 2 is 1.38 bits per heavy atom. The van der Waals surface area contributed by atoms with Gasteiger partial charge in [0.15, 0.2) is 0 Å². The first kappa shape index (κ1) is 19.9. The van der Waals surface area contributed by atoms with Crippen molar-refractivity contribution < 1.29 is 19.3 Å². The SMILES string of the molecule is COc1ccc(N=Nc2ccc(O)c(C=Nc3ccc(OC)cc3OC)c2)cc1. The van der Waals surface area contributed by atoms with E-state index in [1.807, 2.05) is 12.1 Å². The molecule has 3 aromatic carbocycles. The Morgan fingerprint density at radius 1 is 0.724 bits per heavy atom. The molecule has 0 saturated carbocycles. The molecule has 0 amide bonds. The van der Waals surface area contributed by atoms with Gasteiger partial charge >= 0.3 is 0 Å². The summed E-state index contributed by atoms with van der Waals surface area (Å²) in [5, 5.41) is 18.5. The first-order chi connectivity index (χ1) is 14.1. The number of rotatable bonds is 7. The number of methoxy groups -OCH3 is 3. The van der Waals surface area contributed by atoms with Gasteiger partial charge in [0.05, 0.1) is 32.7 Å². The third-order valence-corrected chi connectivity index (χ3v) is 4.09.